The highest BCUT2D eigenvalue weighted by Gasteiger charge is 2.03. The molecule has 0 spiro atoms. The SMILES string of the molecule is C/C=C(\C=C(\C)CC)c1ccc(-c2ccc(-c3ccc(C)cc3)cc2)cc1. The van der Waals surface area contributed by atoms with Gasteiger partial charge in [-0.1, -0.05) is 103 Å². The topological polar surface area (TPSA) is 0 Å². The van der Waals surface area contributed by atoms with Crippen LogP contribution in [0.4, 0.5) is 0 Å². The molecule has 0 nitrogen and oxygen atoms in total. The molecule has 0 heterocycles. The molecule has 3 rings (SSSR count). The normalized spacial score (nSPS) is 12.3. The molecule has 0 N–H and O–H groups in total. The fraction of sp³-hybridized carbons (Fsp3) is 0.185. The summed E-state index contributed by atoms with van der Waals surface area (Å²) in [5, 5.41) is 0. The van der Waals surface area contributed by atoms with Crippen molar-refractivity contribution in [3.63, 3.8) is 0 Å². The van der Waals surface area contributed by atoms with Gasteiger partial charge in [-0.25, -0.2) is 0 Å². The molecule has 0 heteroatoms. The van der Waals surface area contributed by atoms with Crippen molar-refractivity contribution in [2.45, 2.75) is 34.1 Å². The summed E-state index contributed by atoms with van der Waals surface area (Å²) in [6.45, 7) is 8.61. The largest absolute Gasteiger partial charge is 0.0798 e. The summed E-state index contributed by atoms with van der Waals surface area (Å²) in [7, 11) is 0. The summed E-state index contributed by atoms with van der Waals surface area (Å²) in [6.07, 6.45) is 5.55. The first-order valence-corrected chi connectivity index (χ1v) is 9.72. The van der Waals surface area contributed by atoms with Crippen LogP contribution in [0.5, 0.6) is 0 Å². The molecular formula is C27H28. The molecule has 0 aromatic heterocycles. The Bertz CT molecular complexity index is 934. The maximum absolute atomic E-state index is 2.28. The highest BCUT2D eigenvalue weighted by Crippen LogP contribution is 2.27. The van der Waals surface area contributed by atoms with Crippen molar-refractivity contribution in [3.05, 3.63) is 102 Å². The Morgan fingerprint density at radius 3 is 1.52 bits per heavy atom. The summed E-state index contributed by atoms with van der Waals surface area (Å²) >= 11 is 0. The van der Waals surface area contributed by atoms with Gasteiger partial charge >= 0.3 is 0 Å². The zero-order chi connectivity index (χ0) is 19.2. The van der Waals surface area contributed by atoms with Crippen LogP contribution in [0, 0.1) is 6.92 Å². The summed E-state index contributed by atoms with van der Waals surface area (Å²) in [5.41, 5.74) is 10.3. The molecule has 0 aliphatic heterocycles. The van der Waals surface area contributed by atoms with Crippen molar-refractivity contribution >= 4 is 5.57 Å². The first kappa shape index (κ1) is 18.9. The van der Waals surface area contributed by atoms with E-state index in [4.69, 9.17) is 0 Å². The Morgan fingerprint density at radius 1 is 0.704 bits per heavy atom. The van der Waals surface area contributed by atoms with Gasteiger partial charge in [0.05, 0.1) is 0 Å². The van der Waals surface area contributed by atoms with Gasteiger partial charge in [0.1, 0.15) is 0 Å². The molecule has 0 saturated carbocycles. The molecule has 3 aromatic carbocycles. The third-order valence-electron chi connectivity index (χ3n) is 5.09. The van der Waals surface area contributed by atoms with Gasteiger partial charge in [0, 0.05) is 0 Å². The maximum Gasteiger partial charge on any atom is -0.0184 e. The van der Waals surface area contributed by atoms with Crippen LogP contribution >= 0.6 is 0 Å². The molecule has 0 fully saturated rings. The second kappa shape index (κ2) is 8.68. The van der Waals surface area contributed by atoms with Crippen LogP contribution in [0.15, 0.2) is 90.5 Å². The van der Waals surface area contributed by atoms with Crippen molar-refractivity contribution in [1.82, 2.24) is 0 Å². The van der Waals surface area contributed by atoms with Crippen molar-refractivity contribution in [2.75, 3.05) is 0 Å². The van der Waals surface area contributed by atoms with Crippen LogP contribution in [-0.2, 0) is 0 Å². The van der Waals surface area contributed by atoms with Gasteiger partial charge < -0.3 is 0 Å². The van der Waals surface area contributed by atoms with Crippen LogP contribution in [-0.4, -0.2) is 0 Å². The third kappa shape index (κ3) is 4.65. The quantitative estimate of drug-likeness (QED) is 0.407. The van der Waals surface area contributed by atoms with Crippen LogP contribution < -0.4 is 0 Å². The molecule has 136 valence electrons. The molecule has 0 aliphatic rings. The van der Waals surface area contributed by atoms with Gasteiger partial charge in [0.2, 0.25) is 0 Å². The number of benzene rings is 3. The lowest BCUT2D eigenvalue weighted by molar-refractivity contribution is 1.10. The van der Waals surface area contributed by atoms with E-state index < -0.39 is 0 Å². The number of hydrogen-bond donors (Lipinski definition) is 0. The molecule has 0 amide bonds. The predicted octanol–water partition coefficient (Wildman–Crippen LogP) is 8.09. The molecule has 0 atom stereocenters. The second-order valence-electron chi connectivity index (χ2n) is 7.11. The molecule has 0 unspecified atom stereocenters. The molecular weight excluding hydrogens is 324 g/mol. The first-order chi connectivity index (χ1) is 13.1. The Kier molecular flexibility index (Phi) is 6.08. The van der Waals surface area contributed by atoms with Gasteiger partial charge in [0.25, 0.3) is 0 Å². The molecule has 0 radical (unpaired) electrons. The minimum Gasteiger partial charge on any atom is -0.0798 e. The highest BCUT2D eigenvalue weighted by molar-refractivity contribution is 5.77. The summed E-state index contributed by atoms with van der Waals surface area (Å²) in [4.78, 5) is 0. The second-order valence-corrected chi connectivity index (χ2v) is 7.11. The van der Waals surface area contributed by atoms with Gasteiger partial charge in [0.15, 0.2) is 0 Å². The lowest BCUT2D eigenvalue weighted by Gasteiger charge is -2.08. The molecule has 27 heavy (non-hydrogen) atoms. The number of aryl methyl sites for hydroxylation is 1. The monoisotopic (exact) mass is 352 g/mol. The van der Waals surface area contributed by atoms with E-state index in [1.165, 1.54) is 44.5 Å². The van der Waals surface area contributed by atoms with E-state index >= 15 is 0 Å². The Morgan fingerprint density at radius 2 is 1.11 bits per heavy atom. The first-order valence-electron chi connectivity index (χ1n) is 9.72. The van der Waals surface area contributed by atoms with E-state index in [9.17, 15) is 0 Å². The van der Waals surface area contributed by atoms with Crippen LogP contribution in [0.1, 0.15) is 38.3 Å². The summed E-state index contributed by atoms with van der Waals surface area (Å²) < 4.78 is 0. The highest BCUT2D eigenvalue weighted by atomic mass is 14.1. The summed E-state index contributed by atoms with van der Waals surface area (Å²) in [5.74, 6) is 0. The van der Waals surface area contributed by atoms with E-state index in [-0.39, 0.29) is 0 Å². The fourth-order valence-corrected chi connectivity index (χ4v) is 3.16. The van der Waals surface area contributed by atoms with E-state index in [2.05, 4.69) is 113 Å². The van der Waals surface area contributed by atoms with Crippen molar-refractivity contribution in [2.24, 2.45) is 0 Å². The van der Waals surface area contributed by atoms with E-state index in [0.717, 1.165) is 6.42 Å². The number of hydrogen-bond acceptors (Lipinski definition) is 0. The zero-order valence-corrected chi connectivity index (χ0v) is 16.8. The number of rotatable bonds is 5. The van der Waals surface area contributed by atoms with Crippen molar-refractivity contribution < 1.29 is 0 Å². The maximum atomic E-state index is 2.28. The average Bonchev–Trinajstić information content (AvgIpc) is 2.72. The lowest BCUT2D eigenvalue weighted by Crippen LogP contribution is -1.85. The van der Waals surface area contributed by atoms with Crippen LogP contribution in [0.3, 0.4) is 0 Å². The lowest BCUT2D eigenvalue weighted by atomic mass is 9.97. The predicted molar refractivity (Wildman–Crippen MR) is 120 cm³/mol. The Balaban J connectivity index is 1.82. The molecule has 0 saturated heterocycles. The van der Waals surface area contributed by atoms with E-state index in [0.29, 0.717) is 0 Å². The smallest absolute Gasteiger partial charge is 0.0184 e. The Labute approximate surface area is 163 Å². The van der Waals surface area contributed by atoms with Crippen molar-refractivity contribution in [3.8, 4) is 22.3 Å². The van der Waals surface area contributed by atoms with Gasteiger partial charge in [-0.3, -0.25) is 0 Å². The molecule has 3 aromatic rings. The molecule has 0 bridgehead atoms. The Hall–Kier alpha value is -2.86. The zero-order valence-electron chi connectivity index (χ0n) is 16.8. The standard InChI is InChI=1S/C27H28/c1-5-20(3)19-22(6-2)23-11-13-26(14-12-23)27-17-15-25(16-18-27)24-9-7-21(4)8-10-24/h6-19H,5H2,1-4H3/b20-19-,22-6+. The van der Waals surface area contributed by atoms with E-state index in [1.807, 2.05) is 0 Å². The summed E-state index contributed by atoms with van der Waals surface area (Å²) in [6, 6.07) is 26.4. The average molecular weight is 353 g/mol. The third-order valence-corrected chi connectivity index (χ3v) is 5.09. The van der Waals surface area contributed by atoms with Crippen molar-refractivity contribution in [1.29, 1.82) is 0 Å². The number of allylic oxidation sites excluding steroid dienone is 4. The molecule has 0 aliphatic carbocycles. The van der Waals surface area contributed by atoms with Gasteiger partial charge in [-0.2, -0.15) is 0 Å². The van der Waals surface area contributed by atoms with Gasteiger partial charge in [-0.15, -0.1) is 0 Å². The van der Waals surface area contributed by atoms with Crippen LogP contribution in [0.2, 0.25) is 0 Å². The van der Waals surface area contributed by atoms with Gasteiger partial charge in [-0.05, 0) is 60.6 Å². The minimum absolute atomic E-state index is 1.09. The van der Waals surface area contributed by atoms with Crippen LogP contribution in [0.25, 0.3) is 27.8 Å². The van der Waals surface area contributed by atoms with E-state index in [1.54, 1.807) is 0 Å². The minimum atomic E-state index is 1.09. The fourth-order valence-electron chi connectivity index (χ4n) is 3.16.